The molecule has 0 atom stereocenters. The van der Waals surface area contributed by atoms with Crippen LogP contribution in [0, 0.1) is 5.82 Å². The van der Waals surface area contributed by atoms with Gasteiger partial charge >= 0.3 is 0 Å². The Morgan fingerprint density at radius 3 is 2.65 bits per heavy atom. The third-order valence-corrected chi connectivity index (χ3v) is 3.47. The lowest BCUT2D eigenvalue weighted by Gasteiger charge is -2.00. The smallest absolute Gasteiger partial charge is 0.195 e. The van der Waals surface area contributed by atoms with Crippen LogP contribution < -0.4 is 0 Å². The molecule has 2 aromatic heterocycles. The Labute approximate surface area is 119 Å². The zero-order valence-corrected chi connectivity index (χ0v) is 11.4. The summed E-state index contributed by atoms with van der Waals surface area (Å²) in [7, 11) is 1.80. The van der Waals surface area contributed by atoms with E-state index in [1.807, 2.05) is 0 Å². The standard InChI is InChI=1S/C15H10ClFN2O/c1-19-8-12(11-6-7-18-15(16)13(11)19)14(20)9-2-4-10(17)5-3-9/h2-8H,1H3. The fourth-order valence-corrected chi connectivity index (χ4v) is 2.54. The maximum Gasteiger partial charge on any atom is 0.195 e. The first-order valence-electron chi connectivity index (χ1n) is 5.97. The van der Waals surface area contributed by atoms with E-state index >= 15 is 0 Å². The predicted molar refractivity (Wildman–Crippen MR) is 75.6 cm³/mol. The Bertz CT molecular complexity index is 809. The van der Waals surface area contributed by atoms with Gasteiger partial charge in [-0.3, -0.25) is 4.79 Å². The molecular weight excluding hydrogens is 279 g/mol. The number of ketones is 1. The van der Waals surface area contributed by atoms with E-state index in [1.54, 1.807) is 30.1 Å². The van der Waals surface area contributed by atoms with Crippen molar-refractivity contribution >= 4 is 28.3 Å². The van der Waals surface area contributed by atoms with E-state index in [1.165, 1.54) is 24.3 Å². The van der Waals surface area contributed by atoms with Crippen LogP contribution in [0.25, 0.3) is 10.9 Å². The van der Waals surface area contributed by atoms with Crippen molar-refractivity contribution < 1.29 is 9.18 Å². The molecule has 0 amide bonds. The summed E-state index contributed by atoms with van der Waals surface area (Å²) in [5.41, 5.74) is 1.67. The number of aryl methyl sites for hydroxylation is 1. The van der Waals surface area contributed by atoms with Crippen molar-refractivity contribution in [3.05, 3.63) is 64.8 Å². The Morgan fingerprint density at radius 1 is 1.25 bits per heavy atom. The number of rotatable bonds is 2. The first-order chi connectivity index (χ1) is 9.58. The monoisotopic (exact) mass is 288 g/mol. The van der Waals surface area contributed by atoms with E-state index in [9.17, 15) is 9.18 Å². The second-order valence-electron chi connectivity index (χ2n) is 4.49. The van der Waals surface area contributed by atoms with Gasteiger partial charge in [-0.2, -0.15) is 0 Å². The molecule has 0 N–H and O–H groups in total. The summed E-state index contributed by atoms with van der Waals surface area (Å²) >= 11 is 6.05. The Morgan fingerprint density at radius 2 is 1.95 bits per heavy atom. The van der Waals surface area contributed by atoms with Crippen LogP contribution >= 0.6 is 11.6 Å². The number of aromatic nitrogens is 2. The minimum Gasteiger partial charge on any atom is -0.347 e. The van der Waals surface area contributed by atoms with Gasteiger partial charge in [-0.25, -0.2) is 9.37 Å². The molecule has 0 unspecified atom stereocenters. The molecule has 100 valence electrons. The second-order valence-corrected chi connectivity index (χ2v) is 4.85. The Hall–Kier alpha value is -2.20. The Kier molecular flexibility index (Phi) is 3.03. The quantitative estimate of drug-likeness (QED) is 0.533. The van der Waals surface area contributed by atoms with Crippen molar-refractivity contribution in [3.8, 4) is 0 Å². The van der Waals surface area contributed by atoms with Crippen LogP contribution in [-0.2, 0) is 7.05 Å². The fourth-order valence-electron chi connectivity index (χ4n) is 2.25. The topological polar surface area (TPSA) is 34.9 Å². The van der Waals surface area contributed by atoms with E-state index in [2.05, 4.69) is 4.98 Å². The normalized spacial score (nSPS) is 10.9. The summed E-state index contributed by atoms with van der Waals surface area (Å²) in [4.78, 5) is 16.5. The lowest BCUT2D eigenvalue weighted by molar-refractivity contribution is 0.104. The first-order valence-corrected chi connectivity index (χ1v) is 6.35. The average molecular weight is 289 g/mol. The molecule has 0 aliphatic carbocycles. The number of benzene rings is 1. The fraction of sp³-hybridized carbons (Fsp3) is 0.0667. The minimum atomic E-state index is -0.369. The summed E-state index contributed by atoms with van der Waals surface area (Å²) in [6.07, 6.45) is 3.27. The van der Waals surface area contributed by atoms with Crippen LogP contribution in [0.3, 0.4) is 0 Å². The lowest BCUT2D eigenvalue weighted by atomic mass is 10.0. The van der Waals surface area contributed by atoms with Crippen molar-refractivity contribution in [2.24, 2.45) is 7.05 Å². The van der Waals surface area contributed by atoms with Gasteiger partial charge in [-0.15, -0.1) is 0 Å². The highest BCUT2D eigenvalue weighted by Gasteiger charge is 2.17. The summed E-state index contributed by atoms with van der Waals surface area (Å²) in [5.74, 6) is -0.537. The van der Waals surface area contributed by atoms with Gasteiger partial charge in [0.1, 0.15) is 5.82 Å². The zero-order chi connectivity index (χ0) is 14.3. The zero-order valence-electron chi connectivity index (χ0n) is 10.6. The van der Waals surface area contributed by atoms with Crippen LogP contribution in [0.2, 0.25) is 5.15 Å². The van der Waals surface area contributed by atoms with Gasteiger partial charge in [-0.05, 0) is 30.3 Å². The number of pyridine rings is 1. The SMILES string of the molecule is Cn1cc(C(=O)c2ccc(F)cc2)c2ccnc(Cl)c21. The molecule has 0 saturated carbocycles. The van der Waals surface area contributed by atoms with Crippen LogP contribution in [-0.4, -0.2) is 15.3 Å². The first kappa shape index (κ1) is 12.8. The largest absolute Gasteiger partial charge is 0.347 e. The highest BCUT2D eigenvalue weighted by molar-refractivity contribution is 6.34. The summed E-state index contributed by atoms with van der Waals surface area (Å²) in [5, 5.41) is 1.09. The molecule has 3 nitrogen and oxygen atoms in total. The number of fused-ring (bicyclic) bond motifs is 1. The molecule has 0 radical (unpaired) electrons. The predicted octanol–water partition coefficient (Wildman–Crippen LogP) is 3.60. The van der Waals surface area contributed by atoms with Gasteiger partial charge in [-0.1, -0.05) is 11.6 Å². The number of nitrogens with zero attached hydrogens (tertiary/aromatic N) is 2. The van der Waals surface area contributed by atoms with Crippen LogP contribution in [0.4, 0.5) is 4.39 Å². The van der Waals surface area contributed by atoms with Crippen molar-refractivity contribution in [2.45, 2.75) is 0 Å². The molecule has 20 heavy (non-hydrogen) atoms. The van der Waals surface area contributed by atoms with Gasteiger partial charge in [0.25, 0.3) is 0 Å². The number of carbonyl (C=O) groups excluding carboxylic acids is 1. The molecule has 1 aromatic carbocycles. The lowest BCUT2D eigenvalue weighted by Crippen LogP contribution is -2.00. The molecule has 0 aliphatic heterocycles. The molecule has 3 aromatic rings. The average Bonchev–Trinajstić information content (AvgIpc) is 2.77. The second kappa shape index (κ2) is 4.72. The molecule has 0 aliphatic rings. The maximum atomic E-state index is 12.9. The van der Waals surface area contributed by atoms with Crippen molar-refractivity contribution in [1.29, 1.82) is 0 Å². The molecule has 3 rings (SSSR count). The van der Waals surface area contributed by atoms with Gasteiger partial charge in [0, 0.05) is 36.0 Å². The number of hydrogen-bond acceptors (Lipinski definition) is 2. The molecule has 2 heterocycles. The van der Waals surface area contributed by atoms with E-state index in [4.69, 9.17) is 11.6 Å². The molecule has 0 spiro atoms. The van der Waals surface area contributed by atoms with Gasteiger partial charge in [0.15, 0.2) is 10.9 Å². The van der Waals surface area contributed by atoms with Crippen molar-refractivity contribution in [2.75, 3.05) is 0 Å². The van der Waals surface area contributed by atoms with Gasteiger partial charge < -0.3 is 4.57 Å². The van der Waals surface area contributed by atoms with Gasteiger partial charge in [0.2, 0.25) is 0 Å². The molecule has 0 saturated heterocycles. The summed E-state index contributed by atoms with van der Waals surface area (Å²) < 4.78 is 14.7. The van der Waals surface area contributed by atoms with Crippen LogP contribution in [0.5, 0.6) is 0 Å². The maximum absolute atomic E-state index is 12.9. The minimum absolute atomic E-state index is 0.169. The van der Waals surface area contributed by atoms with Crippen LogP contribution in [0.15, 0.2) is 42.7 Å². The third-order valence-electron chi connectivity index (χ3n) is 3.20. The van der Waals surface area contributed by atoms with Gasteiger partial charge in [0.05, 0.1) is 5.52 Å². The number of halogens is 2. The molecule has 0 fully saturated rings. The molecule has 5 heteroatoms. The van der Waals surface area contributed by atoms with E-state index in [0.717, 1.165) is 5.39 Å². The van der Waals surface area contributed by atoms with Crippen molar-refractivity contribution in [3.63, 3.8) is 0 Å². The van der Waals surface area contributed by atoms with E-state index in [-0.39, 0.29) is 11.6 Å². The van der Waals surface area contributed by atoms with E-state index in [0.29, 0.717) is 21.8 Å². The number of carbonyl (C=O) groups is 1. The Balaban J connectivity index is 2.17. The van der Waals surface area contributed by atoms with Crippen molar-refractivity contribution in [1.82, 2.24) is 9.55 Å². The van der Waals surface area contributed by atoms with Crippen LogP contribution in [0.1, 0.15) is 15.9 Å². The third kappa shape index (κ3) is 1.98. The molecular formula is C15H10ClFN2O. The molecule has 0 bridgehead atoms. The number of hydrogen-bond donors (Lipinski definition) is 0. The van der Waals surface area contributed by atoms with E-state index < -0.39 is 0 Å². The highest BCUT2D eigenvalue weighted by atomic mass is 35.5. The summed E-state index contributed by atoms with van der Waals surface area (Å²) in [6.45, 7) is 0. The summed E-state index contributed by atoms with van der Waals surface area (Å²) in [6, 6.07) is 7.23. The highest BCUT2D eigenvalue weighted by Crippen LogP contribution is 2.27.